The fraction of sp³-hybridized carbons (Fsp3) is 0.889. The van der Waals surface area contributed by atoms with Gasteiger partial charge in [0, 0.05) is 13.1 Å². The van der Waals surface area contributed by atoms with Gasteiger partial charge in [-0.25, -0.2) is 4.79 Å². The summed E-state index contributed by atoms with van der Waals surface area (Å²) in [6.45, 7) is 6.45. The molecule has 0 aromatic rings. The number of hydrogen-bond donors (Lipinski definition) is 1. The largest absolute Gasteiger partial charge is 0.463 e. The van der Waals surface area contributed by atoms with Gasteiger partial charge in [0.1, 0.15) is 0 Å². The van der Waals surface area contributed by atoms with Crippen LogP contribution >= 0.6 is 0 Å². The molecule has 1 N–H and O–H groups in total. The maximum atomic E-state index is 11.3. The van der Waals surface area contributed by atoms with Crippen LogP contribution in [0.3, 0.4) is 0 Å². The molecule has 1 aliphatic heterocycles. The second-order valence-corrected chi connectivity index (χ2v) is 3.59. The predicted molar refractivity (Wildman–Crippen MR) is 48.4 cm³/mol. The molecule has 0 aromatic heterocycles. The number of esters is 1. The van der Waals surface area contributed by atoms with Crippen molar-refractivity contribution < 1.29 is 14.3 Å². The lowest BCUT2D eigenvalue weighted by Crippen LogP contribution is -2.44. The summed E-state index contributed by atoms with van der Waals surface area (Å²) in [7, 11) is 0. The Balaban J connectivity index is 2.21. The van der Waals surface area contributed by atoms with Crippen LogP contribution in [0.2, 0.25) is 0 Å². The maximum Gasteiger partial charge on any atom is 0.336 e. The Labute approximate surface area is 78.6 Å². The molecule has 1 fully saturated rings. The number of nitrogens with one attached hydrogen (secondary N) is 1. The summed E-state index contributed by atoms with van der Waals surface area (Å²) in [5.74, 6) is 0.126. The number of carbonyl (C=O) groups is 1. The van der Waals surface area contributed by atoms with E-state index in [1.54, 1.807) is 0 Å². The highest BCUT2D eigenvalue weighted by Gasteiger charge is 2.23. The molecule has 76 valence electrons. The van der Waals surface area contributed by atoms with E-state index in [1.165, 1.54) is 0 Å². The summed E-state index contributed by atoms with van der Waals surface area (Å²) in [6.07, 6.45) is -0.410. The van der Waals surface area contributed by atoms with Crippen LogP contribution in [-0.2, 0) is 14.3 Å². The normalized spacial score (nSPS) is 23.2. The van der Waals surface area contributed by atoms with Crippen LogP contribution in [0.5, 0.6) is 0 Å². The zero-order valence-corrected chi connectivity index (χ0v) is 8.21. The quantitative estimate of drug-likeness (QED) is 0.640. The van der Waals surface area contributed by atoms with Crippen molar-refractivity contribution in [3.8, 4) is 0 Å². The van der Waals surface area contributed by atoms with Crippen molar-refractivity contribution >= 4 is 5.97 Å². The summed E-state index contributed by atoms with van der Waals surface area (Å²) < 4.78 is 10.3. The highest BCUT2D eigenvalue weighted by molar-refractivity contribution is 5.75. The summed E-state index contributed by atoms with van der Waals surface area (Å²) in [5.41, 5.74) is 0. The molecule has 1 saturated heterocycles. The average Bonchev–Trinajstić information content (AvgIpc) is 2.15. The first kappa shape index (κ1) is 10.5. The Hall–Kier alpha value is -0.610. The standard InChI is InChI=1S/C9H17NO3/c1-7(2)6-13-9(11)8-5-10-3-4-12-8/h7-8,10H,3-6H2,1-2H3. The lowest BCUT2D eigenvalue weighted by Gasteiger charge is -2.22. The van der Waals surface area contributed by atoms with Gasteiger partial charge in [-0.15, -0.1) is 0 Å². The van der Waals surface area contributed by atoms with E-state index in [-0.39, 0.29) is 5.97 Å². The second kappa shape index (κ2) is 5.19. The Morgan fingerprint density at radius 2 is 2.46 bits per heavy atom. The van der Waals surface area contributed by atoms with E-state index in [0.717, 1.165) is 6.54 Å². The van der Waals surface area contributed by atoms with Crippen LogP contribution in [-0.4, -0.2) is 38.4 Å². The van der Waals surface area contributed by atoms with Crippen molar-refractivity contribution in [2.24, 2.45) is 5.92 Å². The minimum absolute atomic E-state index is 0.249. The minimum atomic E-state index is -0.410. The first-order valence-corrected chi connectivity index (χ1v) is 4.69. The third-order valence-corrected chi connectivity index (χ3v) is 1.75. The molecule has 1 atom stereocenters. The molecule has 0 amide bonds. The fourth-order valence-corrected chi connectivity index (χ4v) is 1.06. The summed E-state index contributed by atoms with van der Waals surface area (Å²) in [5, 5.41) is 3.08. The Morgan fingerprint density at radius 1 is 1.69 bits per heavy atom. The predicted octanol–water partition coefficient (Wildman–Crippen LogP) is 0.174. The van der Waals surface area contributed by atoms with Gasteiger partial charge in [0.2, 0.25) is 0 Å². The van der Waals surface area contributed by atoms with Crippen molar-refractivity contribution in [2.45, 2.75) is 20.0 Å². The van der Waals surface area contributed by atoms with Gasteiger partial charge < -0.3 is 14.8 Å². The highest BCUT2D eigenvalue weighted by Crippen LogP contribution is 2.01. The molecule has 0 spiro atoms. The average molecular weight is 187 g/mol. The summed E-state index contributed by atoms with van der Waals surface area (Å²) in [4.78, 5) is 11.3. The topological polar surface area (TPSA) is 47.6 Å². The highest BCUT2D eigenvalue weighted by atomic mass is 16.6. The molecule has 1 aliphatic rings. The molecule has 1 unspecified atom stereocenters. The molecule has 13 heavy (non-hydrogen) atoms. The Kier molecular flexibility index (Phi) is 4.18. The lowest BCUT2D eigenvalue weighted by atomic mass is 10.2. The van der Waals surface area contributed by atoms with Crippen molar-refractivity contribution in [3.05, 3.63) is 0 Å². The SMILES string of the molecule is CC(C)COC(=O)C1CNCCO1. The molecule has 0 radical (unpaired) electrons. The first-order chi connectivity index (χ1) is 6.20. The van der Waals surface area contributed by atoms with Gasteiger partial charge in [0.15, 0.2) is 6.10 Å². The lowest BCUT2D eigenvalue weighted by molar-refractivity contribution is -0.159. The fourth-order valence-electron chi connectivity index (χ4n) is 1.06. The maximum absolute atomic E-state index is 11.3. The van der Waals surface area contributed by atoms with Crippen LogP contribution in [0, 0.1) is 5.92 Å². The van der Waals surface area contributed by atoms with E-state index in [9.17, 15) is 4.79 Å². The number of carbonyl (C=O) groups excluding carboxylic acids is 1. The molecular weight excluding hydrogens is 170 g/mol. The first-order valence-electron chi connectivity index (χ1n) is 4.69. The van der Waals surface area contributed by atoms with Crippen molar-refractivity contribution in [2.75, 3.05) is 26.3 Å². The number of morpholine rings is 1. The van der Waals surface area contributed by atoms with E-state index in [0.29, 0.717) is 25.7 Å². The van der Waals surface area contributed by atoms with E-state index < -0.39 is 6.10 Å². The Morgan fingerprint density at radius 3 is 3.00 bits per heavy atom. The van der Waals surface area contributed by atoms with Crippen LogP contribution in [0.15, 0.2) is 0 Å². The molecule has 1 heterocycles. The van der Waals surface area contributed by atoms with Crippen LogP contribution in [0.4, 0.5) is 0 Å². The molecule has 0 saturated carbocycles. The van der Waals surface area contributed by atoms with E-state index >= 15 is 0 Å². The van der Waals surface area contributed by atoms with E-state index in [1.807, 2.05) is 13.8 Å². The van der Waals surface area contributed by atoms with Crippen LogP contribution in [0.25, 0.3) is 0 Å². The zero-order chi connectivity index (χ0) is 9.68. The van der Waals surface area contributed by atoms with Crippen molar-refractivity contribution in [3.63, 3.8) is 0 Å². The number of rotatable bonds is 3. The molecule has 4 nitrogen and oxygen atoms in total. The molecule has 1 rings (SSSR count). The van der Waals surface area contributed by atoms with Gasteiger partial charge in [0.05, 0.1) is 13.2 Å². The van der Waals surface area contributed by atoms with Gasteiger partial charge in [-0.2, -0.15) is 0 Å². The third-order valence-electron chi connectivity index (χ3n) is 1.75. The molecule has 0 aliphatic carbocycles. The van der Waals surface area contributed by atoms with Gasteiger partial charge >= 0.3 is 5.97 Å². The number of hydrogen-bond acceptors (Lipinski definition) is 4. The van der Waals surface area contributed by atoms with Crippen molar-refractivity contribution in [1.29, 1.82) is 0 Å². The second-order valence-electron chi connectivity index (χ2n) is 3.59. The monoisotopic (exact) mass is 187 g/mol. The molecule has 0 aromatic carbocycles. The van der Waals surface area contributed by atoms with E-state index in [2.05, 4.69) is 5.32 Å². The smallest absolute Gasteiger partial charge is 0.336 e. The summed E-state index contributed by atoms with van der Waals surface area (Å²) in [6, 6.07) is 0. The van der Waals surface area contributed by atoms with Crippen LogP contribution < -0.4 is 5.32 Å². The summed E-state index contributed by atoms with van der Waals surface area (Å²) >= 11 is 0. The van der Waals surface area contributed by atoms with Gasteiger partial charge in [0.25, 0.3) is 0 Å². The van der Waals surface area contributed by atoms with Gasteiger partial charge in [-0.3, -0.25) is 0 Å². The van der Waals surface area contributed by atoms with Crippen LogP contribution in [0.1, 0.15) is 13.8 Å². The third kappa shape index (κ3) is 3.74. The molecule has 4 heteroatoms. The van der Waals surface area contributed by atoms with E-state index in [4.69, 9.17) is 9.47 Å². The molecular formula is C9H17NO3. The zero-order valence-electron chi connectivity index (χ0n) is 8.21. The number of ether oxygens (including phenoxy) is 2. The minimum Gasteiger partial charge on any atom is -0.463 e. The Bertz CT molecular complexity index is 164. The van der Waals surface area contributed by atoms with Gasteiger partial charge in [-0.1, -0.05) is 13.8 Å². The van der Waals surface area contributed by atoms with Crippen molar-refractivity contribution in [1.82, 2.24) is 5.32 Å². The molecule has 0 bridgehead atoms. The van der Waals surface area contributed by atoms with Gasteiger partial charge in [-0.05, 0) is 5.92 Å².